The van der Waals surface area contributed by atoms with E-state index in [9.17, 15) is 0 Å². The molecule has 8 N–H and O–H groups in total. The molecule has 0 bridgehead atoms. The fourth-order valence-corrected chi connectivity index (χ4v) is 3.20. The van der Waals surface area contributed by atoms with Crippen molar-refractivity contribution < 1.29 is 4.74 Å². The van der Waals surface area contributed by atoms with E-state index < -0.39 is 0 Å². The van der Waals surface area contributed by atoms with Gasteiger partial charge in [-0.1, -0.05) is 19.4 Å². The normalized spacial score (nSPS) is 11.2. The van der Waals surface area contributed by atoms with Gasteiger partial charge in [0.1, 0.15) is 5.75 Å². The fraction of sp³-hybridized carbons (Fsp3) is 0.750. The van der Waals surface area contributed by atoms with Crippen LogP contribution in [0.3, 0.4) is 0 Å². The molecule has 1 rings (SSSR count). The molecule has 0 atom stereocenters. The zero-order valence-corrected chi connectivity index (χ0v) is 19.8. The second-order valence-corrected chi connectivity index (χ2v) is 8.03. The minimum Gasteiger partial charge on any atom is -0.494 e. The van der Waals surface area contributed by atoms with Crippen LogP contribution >= 0.6 is 0 Å². The molecule has 7 nitrogen and oxygen atoms in total. The van der Waals surface area contributed by atoms with Crippen LogP contribution in [0.2, 0.25) is 0 Å². The van der Waals surface area contributed by atoms with E-state index in [1.807, 2.05) is 0 Å². The van der Waals surface area contributed by atoms with Crippen molar-refractivity contribution in [2.45, 2.75) is 58.5 Å². The molecule has 0 spiro atoms. The van der Waals surface area contributed by atoms with E-state index in [2.05, 4.69) is 46.4 Å². The van der Waals surface area contributed by atoms with Crippen molar-refractivity contribution in [1.29, 1.82) is 0 Å². The van der Waals surface area contributed by atoms with Gasteiger partial charge >= 0.3 is 0 Å². The van der Waals surface area contributed by atoms with Gasteiger partial charge in [0.05, 0.1) is 6.61 Å². The van der Waals surface area contributed by atoms with Gasteiger partial charge in [-0.15, -0.1) is 0 Å². The minimum absolute atomic E-state index is 0.755. The van der Waals surface area contributed by atoms with Crippen molar-refractivity contribution >= 4 is 0 Å². The first-order valence-corrected chi connectivity index (χ1v) is 12.3. The Kier molecular flexibility index (Phi) is 18.5. The molecular weight excluding hydrogens is 388 g/mol. The van der Waals surface area contributed by atoms with Crippen molar-refractivity contribution in [3.05, 3.63) is 29.3 Å². The maximum atomic E-state index is 6.00. The van der Waals surface area contributed by atoms with Crippen molar-refractivity contribution in [2.24, 2.45) is 11.5 Å². The van der Waals surface area contributed by atoms with Gasteiger partial charge in [0.2, 0.25) is 0 Å². The van der Waals surface area contributed by atoms with Crippen LogP contribution in [0.5, 0.6) is 5.75 Å². The number of rotatable bonds is 22. The van der Waals surface area contributed by atoms with E-state index in [1.54, 1.807) is 0 Å². The predicted molar refractivity (Wildman–Crippen MR) is 133 cm³/mol. The van der Waals surface area contributed by atoms with Crippen LogP contribution in [0.15, 0.2) is 18.2 Å². The molecule has 31 heavy (non-hydrogen) atoms. The Hall–Kier alpha value is -1.22. The van der Waals surface area contributed by atoms with Crippen LogP contribution in [-0.4, -0.2) is 59.0 Å². The molecule has 0 aromatic heterocycles. The molecule has 0 unspecified atom stereocenters. The van der Waals surface area contributed by atoms with Gasteiger partial charge < -0.3 is 37.5 Å². The summed E-state index contributed by atoms with van der Waals surface area (Å²) in [5.74, 6) is 0.983. The molecule has 1 aromatic rings. The van der Waals surface area contributed by atoms with Crippen LogP contribution in [-0.2, 0) is 13.1 Å². The maximum absolute atomic E-state index is 6.00. The summed E-state index contributed by atoms with van der Waals surface area (Å²) in [6.45, 7) is 12.3. The predicted octanol–water partition coefficient (Wildman–Crippen LogP) is 1.70. The Labute approximate surface area is 190 Å². The number of hydrogen-bond donors (Lipinski definition) is 6. The summed E-state index contributed by atoms with van der Waals surface area (Å²) in [6, 6.07) is 6.63. The Morgan fingerprint density at radius 2 is 1.13 bits per heavy atom. The topological polar surface area (TPSA) is 109 Å². The molecule has 180 valence electrons. The molecule has 0 fully saturated rings. The quantitative estimate of drug-likeness (QED) is 0.154. The molecule has 0 heterocycles. The number of nitrogens with two attached hydrogens (primary N) is 2. The van der Waals surface area contributed by atoms with Crippen molar-refractivity contribution in [2.75, 3.05) is 59.0 Å². The highest BCUT2D eigenvalue weighted by Crippen LogP contribution is 2.18. The van der Waals surface area contributed by atoms with Crippen molar-refractivity contribution in [3.8, 4) is 5.75 Å². The average Bonchev–Trinajstić information content (AvgIpc) is 2.77. The first kappa shape index (κ1) is 27.8. The van der Waals surface area contributed by atoms with Crippen LogP contribution in [0.25, 0.3) is 0 Å². The van der Waals surface area contributed by atoms with Gasteiger partial charge in [-0.05, 0) is 108 Å². The van der Waals surface area contributed by atoms with Crippen LogP contribution in [0.4, 0.5) is 0 Å². The third-order valence-corrected chi connectivity index (χ3v) is 4.98. The number of hydrogen-bond acceptors (Lipinski definition) is 7. The number of ether oxygens (including phenoxy) is 1. The zero-order chi connectivity index (χ0) is 22.4. The summed E-state index contributed by atoms with van der Waals surface area (Å²) in [7, 11) is 0. The lowest BCUT2D eigenvalue weighted by atomic mass is 10.1. The summed E-state index contributed by atoms with van der Waals surface area (Å²) in [4.78, 5) is 0. The Morgan fingerprint density at radius 1 is 0.645 bits per heavy atom. The zero-order valence-electron chi connectivity index (χ0n) is 19.8. The molecule has 1 aromatic carbocycles. The number of nitrogens with one attached hydrogen (secondary N) is 4. The molecule has 0 saturated heterocycles. The second-order valence-electron chi connectivity index (χ2n) is 8.03. The first-order chi connectivity index (χ1) is 15.3. The lowest BCUT2D eigenvalue weighted by Gasteiger charge is -2.13. The van der Waals surface area contributed by atoms with E-state index in [1.165, 1.54) is 11.1 Å². The van der Waals surface area contributed by atoms with Crippen molar-refractivity contribution in [1.82, 2.24) is 21.3 Å². The van der Waals surface area contributed by atoms with Gasteiger partial charge in [0.15, 0.2) is 0 Å². The van der Waals surface area contributed by atoms with Gasteiger partial charge in [0.25, 0.3) is 0 Å². The molecule has 0 saturated carbocycles. The Balaban J connectivity index is 2.37. The summed E-state index contributed by atoms with van der Waals surface area (Å²) < 4.78 is 6.00. The van der Waals surface area contributed by atoms with Gasteiger partial charge in [-0.25, -0.2) is 0 Å². The molecule has 0 aliphatic heterocycles. The summed E-state index contributed by atoms with van der Waals surface area (Å²) in [5, 5.41) is 14.0. The van der Waals surface area contributed by atoms with E-state index in [-0.39, 0.29) is 0 Å². The molecule has 0 radical (unpaired) electrons. The second kappa shape index (κ2) is 20.7. The number of unbranched alkanes of at least 4 members (excludes halogenated alkanes) is 1. The summed E-state index contributed by atoms with van der Waals surface area (Å²) in [5.41, 5.74) is 13.6. The van der Waals surface area contributed by atoms with Crippen LogP contribution < -0.4 is 37.5 Å². The molecule has 0 aliphatic carbocycles. The SMILES string of the molecule is CCCCOc1cc(CNCCCNCCCN)cc(CNCCCNCCCN)c1. The average molecular weight is 437 g/mol. The summed E-state index contributed by atoms with van der Waals surface area (Å²) >= 11 is 0. The molecular formula is C24H48N6O. The Bertz CT molecular complexity index is 491. The highest BCUT2D eigenvalue weighted by molar-refractivity contribution is 5.34. The highest BCUT2D eigenvalue weighted by Gasteiger charge is 2.03. The van der Waals surface area contributed by atoms with Crippen molar-refractivity contribution in [3.63, 3.8) is 0 Å². The highest BCUT2D eigenvalue weighted by atomic mass is 16.5. The van der Waals surface area contributed by atoms with Gasteiger partial charge in [0, 0.05) is 13.1 Å². The standard InChI is InChI=1S/C24H48N6O/c1-2-3-16-31-24-18-22(20-29-14-6-12-27-10-4-8-25)17-23(19-24)21-30-15-7-13-28-11-5-9-26/h17-19,27-30H,2-16,20-21,25-26H2,1H3. The maximum Gasteiger partial charge on any atom is 0.119 e. The largest absolute Gasteiger partial charge is 0.494 e. The fourth-order valence-electron chi connectivity index (χ4n) is 3.20. The molecule has 7 heteroatoms. The third kappa shape index (κ3) is 16.1. The monoisotopic (exact) mass is 436 g/mol. The number of benzene rings is 1. The van der Waals surface area contributed by atoms with E-state index in [0.29, 0.717) is 0 Å². The lowest BCUT2D eigenvalue weighted by Crippen LogP contribution is -2.24. The van der Waals surface area contributed by atoms with Gasteiger partial charge in [-0.3, -0.25) is 0 Å². The first-order valence-electron chi connectivity index (χ1n) is 12.3. The van der Waals surface area contributed by atoms with E-state index in [0.717, 1.165) is 116 Å². The van der Waals surface area contributed by atoms with E-state index in [4.69, 9.17) is 16.2 Å². The smallest absolute Gasteiger partial charge is 0.119 e. The minimum atomic E-state index is 0.755. The molecule has 0 amide bonds. The summed E-state index contributed by atoms with van der Waals surface area (Å²) in [6.07, 6.45) is 6.55. The lowest BCUT2D eigenvalue weighted by molar-refractivity contribution is 0.308. The third-order valence-electron chi connectivity index (χ3n) is 4.98. The van der Waals surface area contributed by atoms with Crippen LogP contribution in [0, 0.1) is 0 Å². The Morgan fingerprint density at radius 3 is 1.61 bits per heavy atom. The van der Waals surface area contributed by atoms with E-state index >= 15 is 0 Å². The molecule has 0 aliphatic rings. The van der Waals surface area contributed by atoms with Crippen LogP contribution in [0.1, 0.15) is 56.6 Å². The van der Waals surface area contributed by atoms with Gasteiger partial charge in [-0.2, -0.15) is 0 Å².